The lowest BCUT2D eigenvalue weighted by atomic mass is 10.0. The van der Waals surface area contributed by atoms with Crippen molar-refractivity contribution in [2.45, 2.75) is 26.3 Å². The SMILES string of the molecule is Cc1cn(-c2ccc(F)cc2)nc1C(=O)N1CCC(C(=O)O)C1C. The molecule has 0 aliphatic carbocycles. The van der Waals surface area contributed by atoms with Crippen molar-refractivity contribution >= 4 is 11.9 Å². The van der Waals surface area contributed by atoms with Gasteiger partial charge in [0.2, 0.25) is 0 Å². The van der Waals surface area contributed by atoms with E-state index in [1.165, 1.54) is 16.8 Å². The predicted molar refractivity (Wildman–Crippen MR) is 84.5 cm³/mol. The standard InChI is InChI=1S/C17H18FN3O3/c1-10-9-21(13-5-3-12(18)4-6-13)19-15(10)16(22)20-8-7-14(11(20)2)17(23)24/h3-6,9,11,14H,7-8H2,1-2H3,(H,23,24). The van der Waals surface area contributed by atoms with Gasteiger partial charge in [0.25, 0.3) is 5.91 Å². The highest BCUT2D eigenvalue weighted by molar-refractivity contribution is 5.94. The summed E-state index contributed by atoms with van der Waals surface area (Å²) in [5.74, 6) is -2.05. The molecule has 1 N–H and O–H groups in total. The van der Waals surface area contributed by atoms with Gasteiger partial charge in [-0.2, -0.15) is 5.10 Å². The summed E-state index contributed by atoms with van der Waals surface area (Å²) in [5.41, 5.74) is 1.63. The van der Waals surface area contributed by atoms with E-state index in [4.69, 9.17) is 0 Å². The van der Waals surface area contributed by atoms with E-state index in [9.17, 15) is 19.1 Å². The summed E-state index contributed by atoms with van der Waals surface area (Å²) in [6, 6.07) is 5.44. The zero-order valence-electron chi connectivity index (χ0n) is 13.4. The number of aromatic nitrogens is 2. The number of carbonyl (C=O) groups excluding carboxylic acids is 1. The second-order valence-electron chi connectivity index (χ2n) is 6.05. The Balaban J connectivity index is 1.86. The van der Waals surface area contributed by atoms with E-state index in [2.05, 4.69) is 5.10 Å². The molecule has 1 aliphatic heterocycles. The monoisotopic (exact) mass is 331 g/mol. The normalized spacial score (nSPS) is 20.4. The maximum absolute atomic E-state index is 13.0. The third-order valence-electron chi connectivity index (χ3n) is 4.52. The van der Waals surface area contributed by atoms with E-state index in [-0.39, 0.29) is 23.5 Å². The van der Waals surface area contributed by atoms with E-state index < -0.39 is 11.9 Å². The molecule has 1 saturated heterocycles. The molecule has 2 aromatic rings. The van der Waals surface area contributed by atoms with Crippen molar-refractivity contribution in [3.05, 3.63) is 47.5 Å². The highest BCUT2D eigenvalue weighted by atomic mass is 19.1. The Morgan fingerprint density at radius 3 is 2.54 bits per heavy atom. The fraction of sp³-hybridized carbons (Fsp3) is 0.353. The van der Waals surface area contributed by atoms with Gasteiger partial charge in [-0.05, 0) is 44.5 Å². The van der Waals surface area contributed by atoms with Crippen LogP contribution in [-0.4, -0.2) is 44.3 Å². The van der Waals surface area contributed by atoms with Crippen molar-refractivity contribution in [3.8, 4) is 5.69 Å². The molecule has 6 nitrogen and oxygen atoms in total. The Hall–Kier alpha value is -2.70. The highest BCUT2D eigenvalue weighted by Gasteiger charge is 2.39. The average Bonchev–Trinajstić information content (AvgIpc) is 3.11. The van der Waals surface area contributed by atoms with Crippen LogP contribution in [0.1, 0.15) is 29.4 Å². The van der Waals surface area contributed by atoms with Gasteiger partial charge in [-0.3, -0.25) is 9.59 Å². The maximum atomic E-state index is 13.0. The molecule has 1 aromatic heterocycles. The van der Waals surface area contributed by atoms with E-state index >= 15 is 0 Å². The van der Waals surface area contributed by atoms with Gasteiger partial charge in [0.1, 0.15) is 5.82 Å². The van der Waals surface area contributed by atoms with E-state index in [0.717, 1.165) is 0 Å². The average molecular weight is 331 g/mol. The molecular weight excluding hydrogens is 313 g/mol. The summed E-state index contributed by atoms with van der Waals surface area (Å²) < 4.78 is 14.6. The summed E-state index contributed by atoms with van der Waals surface area (Å²) in [5, 5.41) is 13.5. The minimum absolute atomic E-state index is 0.274. The smallest absolute Gasteiger partial charge is 0.308 e. The Bertz CT molecular complexity index is 785. The fourth-order valence-electron chi connectivity index (χ4n) is 3.09. The predicted octanol–water partition coefficient (Wildman–Crippen LogP) is 2.26. The lowest BCUT2D eigenvalue weighted by Gasteiger charge is -2.22. The number of carboxylic acid groups (broad SMARTS) is 1. The molecule has 0 saturated carbocycles. The summed E-state index contributed by atoms with van der Waals surface area (Å²) in [7, 11) is 0. The minimum atomic E-state index is -0.883. The molecule has 1 aromatic carbocycles. The van der Waals surface area contributed by atoms with Crippen LogP contribution >= 0.6 is 0 Å². The first-order chi connectivity index (χ1) is 11.4. The van der Waals surface area contributed by atoms with Crippen LogP contribution < -0.4 is 0 Å². The van der Waals surface area contributed by atoms with Crippen molar-refractivity contribution in [3.63, 3.8) is 0 Å². The zero-order valence-corrected chi connectivity index (χ0v) is 13.4. The number of aliphatic carboxylic acids is 1. The maximum Gasteiger partial charge on any atom is 0.308 e. The van der Waals surface area contributed by atoms with Crippen LogP contribution in [0.4, 0.5) is 4.39 Å². The molecular formula is C17H18FN3O3. The van der Waals surface area contributed by atoms with Crippen LogP contribution in [0.3, 0.4) is 0 Å². The number of hydrogen-bond acceptors (Lipinski definition) is 3. The summed E-state index contributed by atoms with van der Waals surface area (Å²) in [6.07, 6.45) is 2.15. The van der Waals surface area contributed by atoms with E-state index in [0.29, 0.717) is 24.2 Å². The number of likely N-dealkylation sites (tertiary alicyclic amines) is 1. The Labute approximate surface area is 138 Å². The van der Waals surface area contributed by atoms with E-state index in [1.807, 2.05) is 0 Å². The van der Waals surface area contributed by atoms with Crippen molar-refractivity contribution in [1.82, 2.24) is 14.7 Å². The second kappa shape index (κ2) is 6.07. The van der Waals surface area contributed by atoms with Gasteiger partial charge in [-0.1, -0.05) is 0 Å². The number of aryl methyl sites for hydroxylation is 1. The van der Waals surface area contributed by atoms with Crippen LogP contribution in [-0.2, 0) is 4.79 Å². The fourth-order valence-corrected chi connectivity index (χ4v) is 3.09. The van der Waals surface area contributed by atoms with Crippen LogP contribution in [0, 0.1) is 18.7 Å². The lowest BCUT2D eigenvalue weighted by Crippen LogP contribution is -2.38. The molecule has 2 heterocycles. The van der Waals surface area contributed by atoms with Gasteiger partial charge in [0, 0.05) is 24.3 Å². The van der Waals surface area contributed by atoms with Crippen LogP contribution in [0.5, 0.6) is 0 Å². The molecule has 0 spiro atoms. The molecule has 24 heavy (non-hydrogen) atoms. The number of benzene rings is 1. The van der Waals surface area contributed by atoms with Gasteiger partial charge in [0.05, 0.1) is 11.6 Å². The van der Waals surface area contributed by atoms with Crippen molar-refractivity contribution in [2.24, 2.45) is 5.92 Å². The largest absolute Gasteiger partial charge is 0.481 e. The molecule has 1 aliphatic rings. The number of hydrogen-bond donors (Lipinski definition) is 1. The number of nitrogens with zero attached hydrogens (tertiary/aromatic N) is 3. The van der Waals surface area contributed by atoms with Gasteiger partial charge in [-0.15, -0.1) is 0 Å². The number of carbonyl (C=O) groups is 2. The molecule has 3 rings (SSSR count). The van der Waals surface area contributed by atoms with Crippen molar-refractivity contribution < 1.29 is 19.1 Å². The number of amides is 1. The van der Waals surface area contributed by atoms with Crippen LogP contribution in [0.2, 0.25) is 0 Å². The molecule has 7 heteroatoms. The topological polar surface area (TPSA) is 75.4 Å². The van der Waals surface area contributed by atoms with Gasteiger partial charge in [0.15, 0.2) is 5.69 Å². The molecule has 2 unspecified atom stereocenters. The second-order valence-corrected chi connectivity index (χ2v) is 6.05. The van der Waals surface area contributed by atoms with Crippen LogP contribution in [0.15, 0.2) is 30.5 Å². The number of carboxylic acids is 1. The zero-order chi connectivity index (χ0) is 17.4. The summed E-state index contributed by atoms with van der Waals surface area (Å²) in [4.78, 5) is 25.5. The Morgan fingerprint density at radius 1 is 1.29 bits per heavy atom. The first-order valence-corrected chi connectivity index (χ1v) is 7.74. The Kier molecular flexibility index (Phi) is 4.09. The molecule has 0 radical (unpaired) electrons. The quantitative estimate of drug-likeness (QED) is 0.936. The minimum Gasteiger partial charge on any atom is -0.481 e. The van der Waals surface area contributed by atoms with Gasteiger partial charge >= 0.3 is 5.97 Å². The van der Waals surface area contributed by atoms with Crippen molar-refractivity contribution in [2.75, 3.05) is 6.54 Å². The highest BCUT2D eigenvalue weighted by Crippen LogP contribution is 2.26. The molecule has 0 bridgehead atoms. The lowest BCUT2D eigenvalue weighted by molar-refractivity contribution is -0.142. The summed E-state index contributed by atoms with van der Waals surface area (Å²) in [6.45, 7) is 3.92. The third-order valence-corrected chi connectivity index (χ3v) is 4.52. The number of halogens is 1. The van der Waals surface area contributed by atoms with E-state index in [1.54, 1.807) is 37.1 Å². The van der Waals surface area contributed by atoms with Gasteiger partial charge in [-0.25, -0.2) is 9.07 Å². The summed E-state index contributed by atoms with van der Waals surface area (Å²) >= 11 is 0. The number of rotatable bonds is 3. The van der Waals surface area contributed by atoms with Gasteiger partial charge < -0.3 is 10.0 Å². The third kappa shape index (κ3) is 2.77. The Morgan fingerprint density at radius 2 is 1.96 bits per heavy atom. The first kappa shape index (κ1) is 16.2. The van der Waals surface area contributed by atoms with Crippen molar-refractivity contribution in [1.29, 1.82) is 0 Å². The molecule has 1 fully saturated rings. The molecule has 2 atom stereocenters. The first-order valence-electron chi connectivity index (χ1n) is 7.74. The van der Waals surface area contributed by atoms with Crippen LogP contribution in [0.25, 0.3) is 5.69 Å². The molecule has 1 amide bonds. The molecule has 126 valence electrons.